The second-order valence-corrected chi connectivity index (χ2v) is 3.80. The second-order valence-electron chi connectivity index (χ2n) is 3.80. The van der Waals surface area contributed by atoms with Crippen molar-refractivity contribution in [2.24, 2.45) is 5.16 Å². The topological polar surface area (TPSA) is 45.5 Å². The molecule has 0 radical (unpaired) electrons. The smallest absolute Gasteiger partial charge is 0.0747 e. The fourth-order valence-electron chi connectivity index (χ4n) is 2.07. The van der Waals surface area contributed by atoms with Gasteiger partial charge in [-0.15, -0.1) is 0 Å². The monoisotopic (exact) mass is 222 g/mol. The molecule has 2 aromatic carbocycles. The van der Waals surface area contributed by atoms with Crippen molar-refractivity contribution < 1.29 is 5.21 Å². The molecule has 3 rings (SSSR count). The van der Waals surface area contributed by atoms with Gasteiger partial charge in [-0.1, -0.05) is 41.6 Å². The Morgan fingerprint density at radius 2 is 1.41 bits per heavy atom. The molecule has 0 bridgehead atoms. The Kier molecular flexibility index (Phi) is 2.22. The predicted molar refractivity (Wildman–Crippen MR) is 68.6 cm³/mol. The molecule has 3 nitrogen and oxygen atoms in total. The van der Waals surface area contributed by atoms with E-state index in [2.05, 4.69) is 10.1 Å². The number of aromatic nitrogens is 1. The lowest BCUT2D eigenvalue weighted by molar-refractivity contribution is 0.322. The first-order valence-electron chi connectivity index (χ1n) is 5.35. The van der Waals surface area contributed by atoms with Crippen LogP contribution in [-0.2, 0) is 0 Å². The van der Waals surface area contributed by atoms with Crippen LogP contribution in [0, 0.1) is 0 Å². The molecule has 0 aliphatic carbocycles. The highest BCUT2D eigenvalue weighted by molar-refractivity contribution is 6.10. The van der Waals surface area contributed by atoms with Crippen LogP contribution in [0.25, 0.3) is 21.8 Å². The lowest BCUT2D eigenvalue weighted by Gasteiger charge is -2.05. The molecular formula is C14H10N2O. The fourth-order valence-corrected chi connectivity index (χ4v) is 2.07. The maximum atomic E-state index is 8.79. The third kappa shape index (κ3) is 1.52. The minimum absolute atomic E-state index is 0.897. The summed E-state index contributed by atoms with van der Waals surface area (Å²) in [5.74, 6) is 0. The van der Waals surface area contributed by atoms with Crippen molar-refractivity contribution in [3.8, 4) is 0 Å². The SMILES string of the molecule is O/N=C/c1c2ccccc2nc2ccccc12. The van der Waals surface area contributed by atoms with E-state index in [0.29, 0.717) is 0 Å². The molecule has 3 aromatic rings. The van der Waals surface area contributed by atoms with E-state index in [9.17, 15) is 0 Å². The van der Waals surface area contributed by atoms with E-state index >= 15 is 0 Å². The minimum atomic E-state index is 0.897. The average Bonchev–Trinajstić information content (AvgIpc) is 2.39. The first-order valence-corrected chi connectivity index (χ1v) is 5.35. The lowest BCUT2D eigenvalue weighted by atomic mass is 10.0. The second kappa shape index (κ2) is 3.87. The number of fused-ring (bicyclic) bond motifs is 2. The summed E-state index contributed by atoms with van der Waals surface area (Å²) in [5.41, 5.74) is 2.70. The molecule has 82 valence electrons. The van der Waals surface area contributed by atoms with Crippen LogP contribution in [-0.4, -0.2) is 16.4 Å². The Morgan fingerprint density at radius 3 is 1.94 bits per heavy atom. The molecule has 0 amide bonds. The van der Waals surface area contributed by atoms with E-state index in [0.717, 1.165) is 27.4 Å². The van der Waals surface area contributed by atoms with Crippen LogP contribution in [0.3, 0.4) is 0 Å². The standard InChI is InChI=1S/C14H10N2O/c17-15-9-12-10-5-1-3-7-13(10)16-14-8-4-2-6-11(12)14/h1-9,17H/b15-9+. The predicted octanol–water partition coefficient (Wildman–Crippen LogP) is 3.20. The van der Waals surface area contributed by atoms with Crippen molar-refractivity contribution in [3.63, 3.8) is 0 Å². The third-order valence-corrected chi connectivity index (χ3v) is 2.82. The lowest BCUT2D eigenvalue weighted by Crippen LogP contribution is -1.91. The molecular weight excluding hydrogens is 212 g/mol. The van der Waals surface area contributed by atoms with Gasteiger partial charge >= 0.3 is 0 Å². The summed E-state index contributed by atoms with van der Waals surface area (Å²) >= 11 is 0. The van der Waals surface area contributed by atoms with E-state index in [1.54, 1.807) is 0 Å². The number of nitrogens with zero attached hydrogens (tertiary/aromatic N) is 2. The molecule has 0 fully saturated rings. The summed E-state index contributed by atoms with van der Waals surface area (Å²) in [4.78, 5) is 4.58. The largest absolute Gasteiger partial charge is 0.411 e. The van der Waals surface area contributed by atoms with Crippen LogP contribution in [0.2, 0.25) is 0 Å². The molecule has 1 heterocycles. The number of para-hydroxylation sites is 2. The highest BCUT2D eigenvalue weighted by Gasteiger charge is 2.06. The molecule has 0 unspecified atom stereocenters. The summed E-state index contributed by atoms with van der Waals surface area (Å²) < 4.78 is 0. The Bertz CT molecular complexity index is 666. The van der Waals surface area contributed by atoms with Crippen LogP contribution in [0.5, 0.6) is 0 Å². The zero-order chi connectivity index (χ0) is 11.7. The molecule has 1 N–H and O–H groups in total. The summed E-state index contributed by atoms with van der Waals surface area (Å²) in [5, 5.41) is 13.9. The first-order chi connectivity index (χ1) is 8.40. The van der Waals surface area contributed by atoms with E-state index in [1.807, 2.05) is 48.5 Å². The normalized spacial score (nSPS) is 11.5. The Hall–Kier alpha value is -2.42. The van der Waals surface area contributed by atoms with E-state index < -0.39 is 0 Å². The fraction of sp³-hybridized carbons (Fsp3) is 0. The van der Waals surface area contributed by atoms with Gasteiger partial charge in [0.2, 0.25) is 0 Å². The summed E-state index contributed by atoms with van der Waals surface area (Å²) in [6.07, 6.45) is 1.46. The molecule has 0 saturated heterocycles. The molecule has 0 aliphatic rings. The number of pyridine rings is 1. The van der Waals surface area contributed by atoms with Crippen LogP contribution < -0.4 is 0 Å². The van der Waals surface area contributed by atoms with Crippen LogP contribution in [0.4, 0.5) is 0 Å². The van der Waals surface area contributed by atoms with Gasteiger partial charge in [0.05, 0.1) is 17.2 Å². The molecule has 0 saturated carbocycles. The Labute approximate surface area is 98.0 Å². The van der Waals surface area contributed by atoms with Gasteiger partial charge in [0.15, 0.2) is 0 Å². The maximum absolute atomic E-state index is 8.79. The van der Waals surface area contributed by atoms with E-state index in [4.69, 9.17) is 5.21 Å². The highest BCUT2D eigenvalue weighted by Crippen LogP contribution is 2.24. The van der Waals surface area contributed by atoms with Crippen LogP contribution in [0.15, 0.2) is 53.7 Å². The van der Waals surface area contributed by atoms with E-state index in [-0.39, 0.29) is 0 Å². The molecule has 17 heavy (non-hydrogen) atoms. The Balaban J connectivity index is 2.56. The number of hydrogen-bond acceptors (Lipinski definition) is 3. The molecule has 0 aliphatic heterocycles. The zero-order valence-corrected chi connectivity index (χ0v) is 9.04. The van der Waals surface area contributed by atoms with Crippen molar-refractivity contribution >= 4 is 28.0 Å². The third-order valence-electron chi connectivity index (χ3n) is 2.82. The first kappa shape index (κ1) is 9.78. The molecule has 3 heteroatoms. The number of benzene rings is 2. The van der Waals surface area contributed by atoms with Crippen molar-refractivity contribution in [2.45, 2.75) is 0 Å². The number of hydrogen-bond donors (Lipinski definition) is 1. The molecule has 0 spiro atoms. The van der Waals surface area contributed by atoms with Gasteiger partial charge in [-0.05, 0) is 12.1 Å². The highest BCUT2D eigenvalue weighted by atomic mass is 16.4. The minimum Gasteiger partial charge on any atom is -0.411 e. The zero-order valence-electron chi connectivity index (χ0n) is 9.04. The van der Waals surface area contributed by atoms with Gasteiger partial charge in [-0.25, -0.2) is 4.98 Å². The van der Waals surface area contributed by atoms with Gasteiger partial charge in [-0.2, -0.15) is 0 Å². The summed E-state index contributed by atoms with van der Waals surface area (Å²) in [6.45, 7) is 0. The van der Waals surface area contributed by atoms with E-state index in [1.165, 1.54) is 6.21 Å². The summed E-state index contributed by atoms with van der Waals surface area (Å²) in [7, 11) is 0. The average molecular weight is 222 g/mol. The van der Waals surface area contributed by atoms with Gasteiger partial charge in [0.25, 0.3) is 0 Å². The van der Waals surface area contributed by atoms with Gasteiger partial charge in [0, 0.05) is 16.3 Å². The quantitative estimate of drug-likeness (QED) is 0.297. The van der Waals surface area contributed by atoms with Crippen molar-refractivity contribution in [2.75, 3.05) is 0 Å². The maximum Gasteiger partial charge on any atom is 0.0747 e. The Morgan fingerprint density at radius 1 is 0.882 bits per heavy atom. The summed E-state index contributed by atoms with van der Waals surface area (Å²) in [6, 6.07) is 15.7. The van der Waals surface area contributed by atoms with Crippen molar-refractivity contribution in [1.82, 2.24) is 4.98 Å². The van der Waals surface area contributed by atoms with Gasteiger partial charge in [0.1, 0.15) is 0 Å². The number of rotatable bonds is 1. The number of oxime groups is 1. The molecule has 1 aromatic heterocycles. The van der Waals surface area contributed by atoms with Crippen molar-refractivity contribution in [3.05, 3.63) is 54.1 Å². The van der Waals surface area contributed by atoms with Gasteiger partial charge in [-0.3, -0.25) is 0 Å². The van der Waals surface area contributed by atoms with Crippen LogP contribution in [0.1, 0.15) is 5.56 Å². The van der Waals surface area contributed by atoms with Gasteiger partial charge < -0.3 is 5.21 Å². The van der Waals surface area contributed by atoms with Crippen molar-refractivity contribution in [1.29, 1.82) is 0 Å². The van der Waals surface area contributed by atoms with Crippen LogP contribution >= 0.6 is 0 Å². The molecule has 0 atom stereocenters.